The van der Waals surface area contributed by atoms with Gasteiger partial charge in [-0.05, 0) is 43.0 Å². The van der Waals surface area contributed by atoms with Crippen LogP contribution in [0, 0.1) is 5.92 Å². The zero-order valence-corrected chi connectivity index (χ0v) is 11.4. The minimum Gasteiger partial charge on any atom is -0.378 e. The van der Waals surface area contributed by atoms with Gasteiger partial charge in [-0.1, -0.05) is 19.1 Å². The molecule has 2 aliphatic rings. The van der Waals surface area contributed by atoms with Crippen LogP contribution in [0.4, 0.5) is 0 Å². The van der Waals surface area contributed by atoms with Crippen molar-refractivity contribution < 1.29 is 5.11 Å². The monoisotopic (exact) mass is 256 g/mol. The van der Waals surface area contributed by atoms with E-state index in [0.717, 1.165) is 12.8 Å². The van der Waals surface area contributed by atoms with Crippen LogP contribution in [0.5, 0.6) is 0 Å². The first-order chi connectivity index (χ1) is 9.16. The van der Waals surface area contributed by atoms with Crippen LogP contribution in [0.25, 0.3) is 10.9 Å². The number of hydrogen-bond acceptors (Lipinski definition) is 2. The Morgan fingerprint density at radius 1 is 1.37 bits per heavy atom. The molecular formula is C16H20N2O. The summed E-state index contributed by atoms with van der Waals surface area (Å²) in [6.07, 6.45) is 3.76. The predicted molar refractivity (Wildman–Crippen MR) is 76.1 cm³/mol. The maximum absolute atomic E-state index is 10.2. The predicted octanol–water partition coefficient (Wildman–Crippen LogP) is 2.47. The number of aromatic nitrogens is 1. The normalized spacial score (nSPS) is 34.5. The number of aliphatic hydroxyl groups excluding tert-OH is 1. The first-order valence-electron chi connectivity index (χ1n) is 7.15. The van der Waals surface area contributed by atoms with Gasteiger partial charge in [-0.2, -0.15) is 0 Å². The molecule has 1 aliphatic heterocycles. The van der Waals surface area contributed by atoms with E-state index in [1.165, 1.54) is 22.0 Å². The number of piperidine rings is 1. The van der Waals surface area contributed by atoms with Crippen molar-refractivity contribution in [2.24, 2.45) is 5.92 Å². The van der Waals surface area contributed by atoms with Gasteiger partial charge < -0.3 is 10.1 Å². The van der Waals surface area contributed by atoms with Gasteiger partial charge in [-0.15, -0.1) is 0 Å². The number of aromatic amines is 1. The molecule has 1 saturated heterocycles. The van der Waals surface area contributed by atoms with Crippen molar-refractivity contribution in [3.05, 3.63) is 35.5 Å². The van der Waals surface area contributed by atoms with E-state index in [-0.39, 0.29) is 6.23 Å². The van der Waals surface area contributed by atoms with Crippen molar-refractivity contribution in [3.63, 3.8) is 0 Å². The summed E-state index contributed by atoms with van der Waals surface area (Å²) >= 11 is 0. The van der Waals surface area contributed by atoms with Gasteiger partial charge in [-0.25, -0.2) is 0 Å². The molecule has 0 amide bonds. The van der Waals surface area contributed by atoms with Crippen LogP contribution in [-0.2, 0) is 6.42 Å². The van der Waals surface area contributed by atoms with E-state index < -0.39 is 0 Å². The smallest absolute Gasteiger partial charge is 0.107 e. The first kappa shape index (κ1) is 11.5. The minimum atomic E-state index is -0.295. The third-order valence-corrected chi connectivity index (χ3v) is 5.21. The summed E-state index contributed by atoms with van der Waals surface area (Å²) in [5.41, 5.74) is 4.13. The molecule has 0 saturated carbocycles. The molecule has 0 spiro atoms. The lowest BCUT2D eigenvalue weighted by Gasteiger charge is -2.48. The third kappa shape index (κ3) is 1.46. The highest BCUT2D eigenvalue weighted by atomic mass is 16.3. The highest BCUT2D eigenvalue weighted by molar-refractivity contribution is 5.88. The van der Waals surface area contributed by atoms with Crippen molar-refractivity contribution in [2.75, 3.05) is 7.05 Å². The average Bonchev–Trinajstić information content (AvgIpc) is 2.81. The second kappa shape index (κ2) is 3.84. The van der Waals surface area contributed by atoms with E-state index in [1.807, 2.05) is 0 Å². The number of nitrogens with zero attached hydrogens (tertiary/aromatic N) is 1. The molecule has 3 heteroatoms. The minimum absolute atomic E-state index is 0.295. The summed E-state index contributed by atoms with van der Waals surface area (Å²) < 4.78 is 0. The molecule has 1 fully saturated rings. The summed E-state index contributed by atoms with van der Waals surface area (Å²) in [6, 6.07) is 7.01. The van der Waals surface area contributed by atoms with E-state index in [0.29, 0.717) is 17.9 Å². The number of aliphatic hydroxyl groups is 1. The van der Waals surface area contributed by atoms with Gasteiger partial charge in [0.15, 0.2) is 0 Å². The molecule has 3 nitrogen and oxygen atoms in total. The molecule has 2 aromatic rings. The lowest BCUT2D eigenvalue weighted by atomic mass is 9.70. The molecule has 2 N–H and O–H groups in total. The van der Waals surface area contributed by atoms with Gasteiger partial charge in [-0.3, -0.25) is 4.90 Å². The van der Waals surface area contributed by atoms with Gasteiger partial charge in [0.1, 0.15) is 6.23 Å². The Balaban J connectivity index is 1.93. The fourth-order valence-electron chi connectivity index (χ4n) is 4.23. The Morgan fingerprint density at radius 3 is 3.05 bits per heavy atom. The Labute approximate surface area is 113 Å². The van der Waals surface area contributed by atoms with Gasteiger partial charge >= 0.3 is 0 Å². The Kier molecular flexibility index (Phi) is 2.32. The quantitative estimate of drug-likeness (QED) is 0.760. The maximum Gasteiger partial charge on any atom is 0.107 e. The lowest BCUT2D eigenvalue weighted by molar-refractivity contribution is -0.0668. The van der Waals surface area contributed by atoms with Crippen molar-refractivity contribution >= 4 is 10.9 Å². The lowest BCUT2D eigenvalue weighted by Crippen LogP contribution is -2.52. The molecule has 4 atom stereocenters. The van der Waals surface area contributed by atoms with Gasteiger partial charge in [0.05, 0.1) is 0 Å². The van der Waals surface area contributed by atoms with E-state index in [2.05, 4.69) is 48.3 Å². The number of likely N-dealkylation sites (tertiary alicyclic amines) is 1. The number of fused-ring (bicyclic) bond motifs is 2. The largest absolute Gasteiger partial charge is 0.378 e. The average molecular weight is 256 g/mol. The van der Waals surface area contributed by atoms with Gasteiger partial charge in [0.25, 0.3) is 0 Å². The summed E-state index contributed by atoms with van der Waals surface area (Å²) in [5, 5.41) is 11.6. The van der Waals surface area contributed by atoms with Crippen molar-refractivity contribution in [2.45, 2.75) is 38.0 Å². The van der Waals surface area contributed by atoms with E-state index >= 15 is 0 Å². The van der Waals surface area contributed by atoms with Gasteiger partial charge in [0.2, 0.25) is 0 Å². The first-order valence-corrected chi connectivity index (χ1v) is 7.15. The van der Waals surface area contributed by atoms with Crippen LogP contribution >= 0.6 is 0 Å². The van der Waals surface area contributed by atoms with E-state index in [9.17, 15) is 5.11 Å². The highest BCUT2D eigenvalue weighted by Crippen LogP contribution is 2.46. The molecule has 1 aromatic carbocycles. The molecular weight excluding hydrogens is 236 g/mol. The number of rotatable bonds is 0. The van der Waals surface area contributed by atoms with E-state index in [1.54, 1.807) is 0 Å². The topological polar surface area (TPSA) is 39.3 Å². The molecule has 19 heavy (non-hydrogen) atoms. The third-order valence-electron chi connectivity index (χ3n) is 5.21. The number of nitrogens with one attached hydrogen (secondary N) is 1. The molecule has 2 heterocycles. The second-order valence-electron chi connectivity index (χ2n) is 6.24. The summed E-state index contributed by atoms with van der Waals surface area (Å²) in [6.45, 7) is 2.28. The molecule has 4 unspecified atom stereocenters. The molecule has 1 aliphatic carbocycles. The molecule has 0 radical (unpaired) electrons. The fraction of sp³-hybridized carbons (Fsp3) is 0.500. The number of hydrogen-bond donors (Lipinski definition) is 2. The second-order valence-corrected chi connectivity index (χ2v) is 6.24. The number of likely N-dealkylation sites (N-methyl/N-ethyl adjacent to an activating group) is 1. The maximum atomic E-state index is 10.2. The summed E-state index contributed by atoms with van der Waals surface area (Å²) in [5.74, 6) is 1.07. The number of benzene rings is 1. The van der Waals surface area contributed by atoms with Crippen molar-refractivity contribution in [3.8, 4) is 0 Å². The summed E-state index contributed by atoms with van der Waals surface area (Å²) in [4.78, 5) is 5.56. The highest BCUT2D eigenvalue weighted by Gasteiger charge is 2.42. The fourth-order valence-corrected chi connectivity index (χ4v) is 4.23. The standard InChI is InChI=1S/C16H20N2O/c1-9-6-14(19)18(2)13-7-10-8-17-12-5-3-4-11(15(9)13)16(10)12/h3-5,8-9,13-15,17,19H,6-7H2,1-2H3. The van der Waals surface area contributed by atoms with Crippen LogP contribution in [0.15, 0.2) is 24.4 Å². The summed E-state index contributed by atoms with van der Waals surface area (Å²) in [7, 11) is 2.06. The van der Waals surface area contributed by atoms with Crippen molar-refractivity contribution in [1.82, 2.24) is 9.88 Å². The van der Waals surface area contributed by atoms with Crippen LogP contribution in [0.3, 0.4) is 0 Å². The Hall–Kier alpha value is -1.32. The molecule has 4 rings (SSSR count). The van der Waals surface area contributed by atoms with Crippen molar-refractivity contribution in [1.29, 1.82) is 0 Å². The van der Waals surface area contributed by atoms with Crippen LogP contribution in [-0.4, -0.2) is 34.3 Å². The van der Waals surface area contributed by atoms with Crippen LogP contribution in [0.1, 0.15) is 30.4 Å². The zero-order valence-electron chi connectivity index (χ0n) is 11.4. The van der Waals surface area contributed by atoms with Crippen LogP contribution in [0.2, 0.25) is 0 Å². The molecule has 100 valence electrons. The zero-order chi connectivity index (χ0) is 13.1. The molecule has 0 bridgehead atoms. The Morgan fingerprint density at radius 2 is 2.21 bits per heavy atom. The molecule has 1 aromatic heterocycles. The van der Waals surface area contributed by atoms with Crippen LogP contribution < -0.4 is 0 Å². The van der Waals surface area contributed by atoms with Gasteiger partial charge in [0, 0.05) is 29.1 Å². The Bertz CT molecular complexity index is 633. The number of H-pyrrole nitrogens is 1. The SMILES string of the molecule is CC1CC(O)N(C)C2Cc3c[nH]c4cccc(c34)C12. The van der Waals surface area contributed by atoms with E-state index in [4.69, 9.17) is 0 Å².